The second-order valence-electron chi connectivity index (χ2n) is 3.16. The highest BCUT2D eigenvalue weighted by atomic mass is 19.1. The molecule has 0 fully saturated rings. The van der Waals surface area contributed by atoms with Gasteiger partial charge in [0.15, 0.2) is 11.6 Å². The van der Waals surface area contributed by atoms with E-state index in [-0.39, 0.29) is 17.2 Å². The fourth-order valence-electron chi connectivity index (χ4n) is 1.27. The molecule has 0 saturated heterocycles. The Morgan fingerprint density at radius 1 is 1.07 bits per heavy atom. The van der Waals surface area contributed by atoms with Crippen LogP contribution in [0.4, 0.5) is 8.78 Å². The van der Waals surface area contributed by atoms with Crippen molar-refractivity contribution < 1.29 is 8.78 Å². The highest BCUT2D eigenvalue weighted by Crippen LogP contribution is 2.20. The van der Waals surface area contributed by atoms with Gasteiger partial charge in [-0.1, -0.05) is 12.1 Å². The van der Waals surface area contributed by atoms with E-state index in [0.717, 1.165) is 12.4 Å². The largest absolute Gasteiger partial charge is 0.233 e. The molecule has 0 spiro atoms. The molecular weight excluding hydrogens is 198 g/mol. The fraction of sp³-hybridized carbons (Fsp3) is 0.0909. The van der Waals surface area contributed by atoms with Gasteiger partial charge in [0.05, 0.1) is 18.0 Å². The molecule has 2 nitrogen and oxygen atoms in total. The van der Waals surface area contributed by atoms with Gasteiger partial charge in [-0.3, -0.25) is 0 Å². The molecule has 76 valence electrons. The van der Waals surface area contributed by atoms with E-state index in [1.807, 2.05) is 0 Å². The van der Waals surface area contributed by atoms with Gasteiger partial charge in [0.1, 0.15) is 5.82 Å². The number of halogens is 2. The highest BCUT2D eigenvalue weighted by molar-refractivity contribution is 5.56. The van der Waals surface area contributed by atoms with E-state index in [0.29, 0.717) is 5.56 Å². The average Bonchev–Trinajstić information content (AvgIpc) is 2.24. The summed E-state index contributed by atoms with van der Waals surface area (Å²) in [6.45, 7) is 1.66. The SMILES string of the molecule is Cc1cccc(-c2ncc(F)cn2)c1F. The van der Waals surface area contributed by atoms with Crippen LogP contribution < -0.4 is 0 Å². The molecule has 0 aliphatic heterocycles. The zero-order valence-corrected chi connectivity index (χ0v) is 8.04. The third-order valence-electron chi connectivity index (χ3n) is 2.05. The lowest BCUT2D eigenvalue weighted by Crippen LogP contribution is -1.94. The van der Waals surface area contributed by atoms with Crippen LogP contribution in [0.1, 0.15) is 5.56 Å². The Balaban J connectivity index is 2.54. The molecule has 15 heavy (non-hydrogen) atoms. The van der Waals surface area contributed by atoms with Gasteiger partial charge in [-0.2, -0.15) is 0 Å². The van der Waals surface area contributed by atoms with Gasteiger partial charge >= 0.3 is 0 Å². The van der Waals surface area contributed by atoms with Gasteiger partial charge < -0.3 is 0 Å². The van der Waals surface area contributed by atoms with Crippen LogP contribution >= 0.6 is 0 Å². The summed E-state index contributed by atoms with van der Waals surface area (Å²) in [6.07, 6.45) is 2.04. The molecule has 0 unspecified atom stereocenters. The molecule has 0 bridgehead atoms. The minimum atomic E-state index is -0.535. The Morgan fingerprint density at radius 2 is 1.73 bits per heavy atom. The van der Waals surface area contributed by atoms with Gasteiger partial charge in [0, 0.05) is 0 Å². The van der Waals surface area contributed by atoms with Gasteiger partial charge in [-0.05, 0) is 18.6 Å². The van der Waals surface area contributed by atoms with Crippen molar-refractivity contribution in [2.24, 2.45) is 0 Å². The summed E-state index contributed by atoms with van der Waals surface area (Å²) in [5.74, 6) is -0.714. The van der Waals surface area contributed by atoms with Gasteiger partial charge in [0.25, 0.3) is 0 Å². The minimum Gasteiger partial charge on any atom is -0.233 e. The lowest BCUT2D eigenvalue weighted by Gasteiger charge is -2.03. The summed E-state index contributed by atoms with van der Waals surface area (Å²) >= 11 is 0. The van der Waals surface area contributed by atoms with E-state index in [2.05, 4.69) is 9.97 Å². The van der Waals surface area contributed by atoms with Crippen LogP contribution in [0.15, 0.2) is 30.6 Å². The van der Waals surface area contributed by atoms with Crippen molar-refractivity contribution in [3.05, 3.63) is 47.8 Å². The molecule has 0 radical (unpaired) electrons. The molecule has 1 heterocycles. The standard InChI is InChI=1S/C11H8F2N2/c1-7-3-2-4-9(10(7)13)11-14-5-8(12)6-15-11/h2-6H,1H3. The molecule has 0 amide bonds. The summed E-state index contributed by atoms with van der Waals surface area (Å²) in [4.78, 5) is 7.45. The summed E-state index contributed by atoms with van der Waals surface area (Å²) in [5, 5.41) is 0. The first kappa shape index (κ1) is 9.71. The predicted octanol–water partition coefficient (Wildman–Crippen LogP) is 2.73. The van der Waals surface area contributed by atoms with E-state index in [4.69, 9.17) is 0 Å². The number of hydrogen-bond donors (Lipinski definition) is 0. The quantitative estimate of drug-likeness (QED) is 0.716. The maximum Gasteiger partial charge on any atom is 0.162 e. The predicted molar refractivity (Wildman–Crippen MR) is 52.1 cm³/mol. The Morgan fingerprint density at radius 3 is 2.40 bits per heavy atom. The number of rotatable bonds is 1. The first-order valence-electron chi connectivity index (χ1n) is 4.41. The first-order valence-corrected chi connectivity index (χ1v) is 4.41. The van der Waals surface area contributed by atoms with E-state index in [1.54, 1.807) is 25.1 Å². The Bertz CT molecular complexity index is 480. The maximum absolute atomic E-state index is 13.6. The van der Waals surface area contributed by atoms with Crippen molar-refractivity contribution in [2.45, 2.75) is 6.92 Å². The van der Waals surface area contributed by atoms with Crippen LogP contribution in [-0.2, 0) is 0 Å². The third-order valence-corrected chi connectivity index (χ3v) is 2.05. The summed E-state index contributed by atoms with van der Waals surface area (Å²) in [5.41, 5.74) is 0.801. The van der Waals surface area contributed by atoms with E-state index < -0.39 is 5.82 Å². The molecule has 1 aromatic heterocycles. The zero-order chi connectivity index (χ0) is 10.8. The van der Waals surface area contributed by atoms with Crippen molar-refractivity contribution >= 4 is 0 Å². The van der Waals surface area contributed by atoms with Crippen LogP contribution in [0.3, 0.4) is 0 Å². The zero-order valence-electron chi connectivity index (χ0n) is 8.04. The van der Waals surface area contributed by atoms with Gasteiger partial charge in [-0.15, -0.1) is 0 Å². The monoisotopic (exact) mass is 206 g/mol. The Labute approximate surface area is 85.6 Å². The van der Waals surface area contributed by atoms with Crippen LogP contribution in [0.2, 0.25) is 0 Å². The number of nitrogens with zero attached hydrogens (tertiary/aromatic N) is 2. The molecule has 0 atom stereocenters. The van der Waals surface area contributed by atoms with Crippen molar-refractivity contribution in [1.29, 1.82) is 0 Å². The molecule has 1 aromatic carbocycles. The van der Waals surface area contributed by atoms with E-state index in [9.17, 15) is 8.78 Å². The average molecular weight is 206 g/mol. The second-order valence-corrected chi connectivity index (χ2v) is 3.16. The van der Waals surface area contributed by atoms with Crippen molar-refractivity contribution in [1.82, 2.24) is 9.97 Å². The smallest absolute Gasteiger partial charge is 0.162 e. The molecule has 0 aliphatic rings. The van der Waals surface area contributed by atoms with E-state index in [1.165, 1.54) is 0 Å². The van der Waals surface area contributed by atoms with Crippen molar-refractivity contribution in [3.63, 3.8) is 0 Å². The normalized spacial score (nSPS) is 10.3. The number of benzene rings is 1. The summed E-state index contributed by atoms with van der Waals surface area (Å²) < 4.78 is 26.2. The van der Waals surface area contributed by atoms with E-state index >= 15 is 0 Å². The summed E-state index contributed by atoms with van der Waals surface area (Å²) in [6, 6.07) is 4.93. The lowest BCUT2D eigenvalue weighted by atomic mass is 10.1. The van der Waals surface area contributed by atoms with Gasteiger partial charge in [-0.25, -0.2) is 18.7 Å². The first-order chi connectivity index (χ1) is 7.18. The maximum atomic E-state index is 13.6. The molecule has 0 N–H and O–H groups in total. The molecule has 0 aliphatic carbocycles. The summed E-state index contributed by atoms with van der Waals surface area (Å²) in [7, 11) is 0. The van der Waals surface area contributed by atoms with Crippen molar-refractivity contribution in [2.75, 3.05) is 0 Å². The molecule has 2 rings (SSSR count). The molecular formula is C11H8F2N2. The molecule has 0 saturated carbocycles. The topological polar surface area (TPSA) is 25.8 Å². The fourth-order valence-corrected chi connectivity index (χ4v) is 1.27. The van der Waals surface area contributed by atoms with Crippen LogP contribution in [-0.4, -0.2) is 9.97 Å². The minimum absolute atomic E-state index is 0.192. The number of aromatic nitrogens is 2. The number of aryl methyl sites for hydroxylation is 1. The number of hydrogen-bond acceptors (Lipinski definition) is 2. The third kappa shape index (κ3) is 1.83. The molecule has 4 heteroatoms. The second kappa shape index (κ2) is 3.73. The lowest BCUT2D eigenvalue weighted by molar-refractivity contribution is 0.609. The van der Waals surface area contributed by atoms with Gasteiger partial charge in [0.2, 0.25) is 0 Å². The Hall–Kier alpha value is -1.84. The van der Waals surface area contributed by atoms with Crippen LogP contribution in [0.25, 0.3) is 11.4 Å². The highest BCUT2D eigenvalue weighted by Gasteiger charge is 2.09. The Kier molecular flexibility index (Phi) is 2.41. The van der Waals surface area contributed by atoms with Crippen molar-refractivity contribution in [3.8, 4) is 11.4 Å². The van der Waals surface area contributed by atoms with Crippen LogP contribution in [0, 0.1) is 18.6 Å². The van der Waals surface area contributed by atoms with Crippen LogP contribution in [0.5, 0.6) is 0 Å². The molecule has 2 aromatic rings.